The molecule has 0 radical (unpaired) electrons. The highest BCUT2D eigenvalue weighted by Gasteiger charge is 2.20. The van der Waals surface area contributed by atoms with Crippen molar-refractivity contribution in [3.63, 3.8) is 0 Å². The van der Waals surface area contributed by atoms with Gasteiger partial charge in [-0.05, 0) is 26.4 Å². The Kier molecular flexibility index (Phi) is 4.18. The van der Waals surface area contributed by atoms with Crippen LogP contribution in [0.1, 0.15) is 12.8 Å². The smallest absolute Gasteiger partial charge is 0.319 e. The number of nitrogens with zero attached hydrogens (tertiary/aromatic N) is 1. The van der Waals surface area contributed by atoms with E-state index in [1.807, 2.05) is 0 Å². The van der Waals surface area contributed by atoms with Crippen LogP contribution in [-0.4, -0.2) is 50.7 Å². The van der Waals surface area contributed by atoms with E-state index in [4.69, 9.17) is 0 Å². The Balaban J connectivity index is 2.08. The van der Waals surface area contributed by atoms with Crippen molar-refractivity contribution in [2.75, 3.05) is 33.8 Å². The molecule has 1 fully saturated rings. The molecule has 0 amide bonds. The van der Waals surface area contributed by atoms with Crippen LogP contribution in [0.2, 0.25) is 0 Å². The second-order valence-corrected chi connectivity index (χ2v) is 3.48. The molecule has 0 saturated carbocycles. The number of hydrogen-bond acceptors (Lipinski definition) is 4. The van der Waals surface area contributed by atoms with Crippen LogP contribution in [0.15, 0.2) is 0 Å². The number of esters is 1. The molecule has 0 aliphatic carbocycles. The lowest BCUT2D eigenvalue weighted by Gasteiger charge is -2.19. The van der Waals surface area contributed by atoms with Crippen LogP contribution in [0, 0.1) is 0 Å². The van der Waals surface area contributed by atoms with Gasteiger partial charge in [0.15, 0.2) is 0 Å². The van der Waals surface area contributed by atoms with Crippen molar-refractivity contribution in [1.29, 1.82) is 0 Å². The molecule has 76 valence electrons. The molecule has 1 atom stereocenters. The largest absolute Gasteiger partial charge is 0.468 e. The van der Waals surface area contributed by atoms with Gasteiger partial charge in [0.2, 0.25) is 0 Å². The van der Waals surface area contributed by atoms with Crippen molar-refractivity contribution >= 4 is 5.97 Å². The third-order valence-electron chi connectivity index (χ3n) is 2.55. The molecule has 1 unspecified atom stereocenters. The summed E-state index contributed by atoms with van der Waals surface area (Å²) in [4.78, 5) is 13.1. The standard InChI is InChI=1S/C9H18N2O2/c1-11-5-3-4-8(11)6-10-7-9(12)13-2/h8,10H,3-7H2,1-2H3. The van der Waals surface area contributed by atoms with Crippen molar-refractivity contribution in [1.82, 2.24) is 10.2 Å². The predicted molar refractivity (Wildman–Crippen MR) is 50.5 cm³/mol. The van der Waals surface area contributed by atoms with E-state index in [2.05, 4.69) is 22.0 Å². The summed E-state index contributed by atoms with van der Waals surface area (Å²) < 4.78 is 4.53. The first kappa shape index (κ1) is 10.5. The third-order valence-corrected chi connectivity index (χ3v) is 2.55. The average Bonchev–Trinajstić information content (AvgIpc) is 2.52. The summed E-state index contributed by atoms with van der Waals surface area (Å²) in [7, 11) is 3.53. The maximum atomic E-state index is 10.8. The lowest BCUT2D eigenvalue weighted by Crippen LogP contribution is -2.37. The molecule has 0 bridgehead atoms. The first-order valence-corrected chi connectivity index (χ1v) is 4.72. The third kappa shape index (κ3) is 3.32. The zero-order chi connectivity index (χ0) is 9.68. The molecule has 0 aromatic rings. The van der Waals surface area contributed by atoms with Crippen LogP contribution in [0.4, 0.5) is 0 Å². The zero-order valence-electron chi connectivity index (χ0n) is 8.38. The fourth-order valence-corrected chi connectivity index (χ4v) is 1.65. The van der Waals surface area contributed by atoms with Gasteiger partial charge in [-0.15, -0.1) is 0 Å². The van der Waals surface area contributed by atoms with Gasteiger partial charge >= 0.3 is 5.97 Å². The molecular weight excluding hydrogens is 168 g/mol. The van der Waals surface area contributed by atoms with Gasteiger partial charge in [0.25, 0.3) is 0 Å². The van der Waals surface area contributed by atoms with Crippen LogP contribution in [0.3, 0.4) is 0 Å². The first-order chi connectivity index (χ1) is 6.24. The summed E-state index contributed by atoms with van der Waals surface area (Å²) in [6.45, 7) is 2.37. The molecule has 1 aliphatic heterocycles. The zero-order valence-corrected chi connectivity index (χ0v) is 8.38. The van der Waals surface area contributed by atoms with Crippen molar-refractivity contribution < 1.29 is 9.53 Å². The highest BCUT2D eigenvalue weighted by Crippen LogP contribution is 2.13. The van der Waals surface area contributed by atoms with Crippen molar-refractivity contribution in [3.05, 3.63) is 0 Å². The lowest BCUT2D eigenvalue weighted by molar-refractivity contribution is -0.139. The number of rotatable bonds is 4. The number of carbonyl (C=O) groups excluding carboxylic acids is 1. The van der Waals surface area contributed by atoms with E-state index in [-0.39, 0.29) is 5.97 Å². The molecule has 4 nitrogen and oxygen atoms in total. The van der Waals surface area contributed by atoms with Crippen LogP contribution in [0.5, 0.6) is 0 Å². The number of methoxy groups -OCH3 is 1. The maximum absolute atomic E-state index is 10.8. The minimum absolute atomic E-state index is 0.194. The van der Waals surface area contributed by atoms with Gasteiger partial charge in [0.1, 0.15) is 0 Å². The predicted octanol–water partition coefficient (Wildman–Crippen LogP) is -0.157. The summed E-state index contributed by atoms with van der Waals surface area (Å²) >= 11 is 0. The van der Waals surface area contributed by atoms with Gasteiger partial charge in [-0.1, -0.05) is 0 Å². The monoisotopic (exact) mass is 186 g/mol. The molecular formula is C9H18N2O2. The van der Waals surface area contributed by atoms with Crippen LogP contribution < -0.4 is 5.32 Å². The summed E-state index contributed by atoms with van der Waals surface area (Å²) in [5.74, 6) is -0.194. The quantitative estimate of drug-likeness (QED) is 0.620. The summed E-state index contributed by atoms with van der Waals surface area (Å²) in [5.41, 5.74) is 0. The van der Waals surface area contributed by atoms with E-state index in [0.29, 0.717) is 12.6 Å². The normalized spacial score (nSPS) is 23.4. The number of ether oxygens (including phenoxy) is 1. The fourth-order valence-electron chi connectivity index (χ4n) is 1.65. The molecule has 1 aliphatic rings. The van der Waals surface area contributed by atoms with Gasteiger partial charge in [-0.2, -0.15) is 0 Å². The number of likely N-dealkylation sites (tertiary alicyclic amines) is 1. The van der Waals surface area contributed by atoms with Gasteiger partial charge in [-0.25, -0.2) is 0 Å². The van der Waals surface area contributed by atoms with Gasteiger partial charge in [0, 0.05) is 12.6 Å². The van der Waals surface area contributed by atoms with Crippen molar-refractivity contribution in [3.8, 4) is 0 Å². The summed E-state index contributed by atoms with van der Waals surface area (Å²) in [6.07, 6.45) is 2.49. The van der Waals surface area contributed by atoms with Crippen LogP contribution in [0.25, 0.3) is 0 Å². The second kappa shape index (κ2) is 5.19. The highest BCUT2D eigenvalue weighted by atomic mass is 16.5. The van der Waals surface area contributed by atoms with Gasteiger partial charge in [-0.3, -0.25) is 4.79 Å². The molecule has 1 saturated heterocycles. The average molecular weight is 186 g/mol. The summed E-state index contributed by atoms with van der Waals surface area (Å²) in [6, 6.07) is 0.588. The van der Waals surface area contributed by atoms with Gasteiger partial charge < -0.3 is 15.0 Å². The molecule has 4 heteroatoms. The van der Waals surface area contributed by atoms with Crippen molar-refractivity contribution in [2.24, 2.45) is 0 Å². The molecule has 13 heavy (non-hydrogen) atoms. The SMILES string of the molecule is COC(=O)CNCC1CCCN1C. The first-order valence-electron chi connectivity index (χ1n) is 4.72. The highest BCUT2D eigenvalue weighted by molar-refractivity contribution is 5.71. The second-order valence-electron chi connectivity index (χ2n) is 3.48. The Morgan fingerprint density at radius 2 is 2.46 bits per heavy atom. The topological polar surface area (TPSA) is 41.6 Å². The van der Waals surface area contributed by atoms with E-state index in [9.17, 15) is 4.79 Å². The lowest BCUT2D eigenvalue weighted by atomic mass is 10.2. The molecule has 1 N–H and O–H groups in total. The molecule has 1 heterocycles. The minimum atomic E-state index is -0.194. The van der Waals surface area contributed by atoms with E-state index in [0.717, 1.165) is 6.54 Å². The maximum Gasteiger partial charge on any atom is 0.319 e. The Labute approximate surface area is 79.2 Å². The van der Waals surface area contributed by atoms with E-state index < -0.39 is 0 Å². The number of hydrogen-bond donors (Lipinski definition) is 1. The van der Waals surface area contributed by atoms with E-state index in [1.54, 1.807) is 0 Å². The Morgan fingerprint density at radius 1 is 1.69 bits per heavy atom. The molecule has 0 aromatic heterocycles. The number of nitrogens with one attached hydrogen (secondary N) is 1. The van der Waals surface area contributed by atoms with E-state index in [1.165, 1.54) is 26.5 Å². The van der Waals surface area contributed by atoms with Crippen LogP contribution in [-0.2, 0) is 9.53 Å². The minimum Gasteiger partial charge on any atom is -0.468 e. The van der Waals surface area contributed by atoms with Crippen molar-refractivity contribution in [2.45, 2.75) is 18.9 Å². The van der Waals surface area contributed by atoms with Crippen LogP contribution >= 0.6 is 0 Å². The molecule has 1 rings (SSSR count). The Hall–Kier alpha value is -0.610. The number of carbonyl (C=O) groups is 1. The van der Waals surface area contributed by atoms with E-state index >= 15 is 0 Å². The Morgan fingerprint density at radius 3 is 3.00 bits per heavy atom. The molecule has 0 spiro atoms. The Bertz CT molecular complexity index is 173. The summed E-state index contributed by atoms with van der Waals surface area (Å²) in [5, 5.41) is 3.09. The van der Waals surface area contributed by atoms with Gasteiger partial charge in [0.05, 0.1) is 13.7 Å². The number of likely N-dealkylation sites (N-methyl/N-ethyl adjacent to an activating group) is 1. The fraction of sp³-hybridized carbons (Fsp3) is 0.889. The molecule has 0 aromatic carbocycles.